The molecule has 170 valence electrons. The van der Waals surface area contributed by atoms with Gasteiger partial charge in [0, 0.05) is 43.4 Å². The zero-order valence-electron chi connectivity index (χ0n) is 18.5. The van der Waals surface area contributed by atoms with Crippen molar-refractivity contribution in [3.63, 3.8) is 0 Å². The Morgan fingerprint density at radius 2 is 1.94 bits per heavy atom. The summed E-state index contributed by atoms with van der Waals surface area (Å²) in [7, 11) is 0. The van der Waals surface area contributed by atoms with E-state index in [0.29, 0.717) is 11.4 Å². The summed E-state index contributed by atoms with van der Waals surface area (Å²) in [4.78, 5) is 24.2. The topological polar surface area (TPSA) is 78.4 Å². The molecule has 6 nitrogen and oxygen atoms in total. The molecule has 3 aromatic rings. The number of hydrogen-bond acceptors (Lipinski definition) is 5. The van der Waals surface area contributed by atoms with E-state index in [9.17, 15) is 9.90 Å². The van der Waals surface area contributed by atoms with Gasteiger partial charge < -0.3 is 15.3 Å². The van der Waals surface area contributed by atoms with E-state index in [-0.39, 0.29) is 17.9 Å². The SMILES string of the molecule is Cc1cccnc1-c1cc(N2CCC(C(=O)N[C@@H]3c4ccccc4C[C@@H]3O)CC2)ncc1Cl. The minimum absolute atomic E-state index is 0.0178. The number of piperidine rings is 1. The number of aliphatic hydroxyl groups excluding tert-OH is 1. The van der Waals surface area contributed by atoms with E-state index in [1.807, 2.05) is 49.4 Å². The standard InChI is InChI=1S/C26H27ClN4O2/c1-16-5-4-10-28-24(16)20-14-23(29-15-21(20)27)31-11-8-17(9-12-31)26(33)30-25-19-7-3-2-6-18(19)13-22(25)32/h2-7,10,14-15,17,22,25,32H,8-9,11-13H2,1H3,(H,30,33)/t22-,25+/m0/s1. The molecular formula is C26H27ClN4O2. The molecule has 0 spiro atoms. The van der Waals surface area contributed by atoms with Gasteiger partial charge in [0.05, 0.1) is 22.9 Å². The van der Waals surface area contributed by atoms with Crippen molar-refractivity contribution in [2.75, 3.05) is 18.0 Å². The van der Waals surface area contributed by atoms with E-state index in [2.05, 4.69) is 20.2 Å². The minimum Gasteiger partial charge on any atom is -0.390 e. The van der Waals surface area contributed by atoms with E-state index in [0.717, 1.165) is 59.7 Å². The Labute approximate surface area is 198 Å². The first-order chi connectivity index (χ1) is 16.0. The molecular weight excluding hydrogens is 436 g/mol. The Hall–Kier alpha value is -2.96. The Bertz CT molecular complexity index is 1180. The highest BCUT2D eigenvalue weighted by atomic mass is 35.5. The number of aliphatic hydroxyl groups is 1. The molecule has 0 unspecified atom stereocenters. The summed E-state index contributed by atoms with van der Waals surface area (Å²) in [6.45, 7) is 3.48. The van der Waals surface area contributed by atoms with Gasteiger partial charge in [0.15, 0.2) is 0 Å². The molecule has 1 fully saturated rings. The van der Waals surface area contributed by atoms with Crippen LogP contribution >= 0.6 is 11.6 Å². The lowest BCUT2D eigenvalue weighted by Gasteiger charge is -2.33. The largest absolute Gasteiger partial charge is 0.390 e. The van der Waals surface area contributed by atoms with Gasteiger partial charge >= 0.3 is 0 Å². The molecule has 0 bridgehead atoms. The smallest absolute Gasteiger partial charge is 0.223 e. The highest BCUT2D eigenvalue weighted by Crippen LogP contribution is 2.34. The number of anilines is 1. The fourth-order valence-corrected chi connectivity index (χ4v) is 5.13. The summed E-state index contributed by atoms with van der Waals surface area (Å²) >= 11 is 6.44. The molecule has 0 saturated carbocycles. The maximum atomic E-state index is 13.0. The summed E-state index contributed by atoms with van der Waals surface area (Å²) in [5, 5.41) is 14.1. The summed E-state index contributed by atoms with van der Waals surface area (Å²) in [5.74, 6) is 0.786. The molecule has 1 aliphatic carbocycles. The van der Waals surface area contributed by atoms with Gasteiger partial charge in [-0.2, -0.15) is 0 Å². The fraction of sp³-hybridized carbons (Fsp3) is 0.346. The van der Waals surface area contributed by atoms with Crippen molar-refractivity contribution < 1.29 is 9.90 Å². The van der Waals surface area contributed by atoms with Crippen LogP contribution in [-0.2, 0) is 11.2 Å². The molecule has 1 aromatic carbocycles. The van der Waals surface area contributed by atoms with Crippen molar-refractivity contribution in [1.82, 2.24) is 15.3 Å². The maximum absolute atomic E-state index is 13.0. The third-order valence-electron chi connectivity index (χ3n) is 6.80. The van der Waals surface area contributed by atoms with Gasteiger partial charge in [-0.3, -0.25) is 9.78 Å². The number of pyridine rings is 2. The molecule has 1 aliphatic heterocycles. The Morgan fingerprint density at radius 1 is 1.15 bits per heavy atom. The molecule has 2 aliphatic rings. The van der Waals surface area contributed by atoms with Gasteiger partial charge in [0.25, 0.3) is 0 Å². The maximum Gasteiger partial charge on any atom is 0.223 e. The number of hydrogen-bond donors (Lipinski definition) is 2. The van der Waals surface area contributed by atoms with Crippen molar-refractivity contribution in [2.45, 2.75) is 38.3 Å². The van der Waals surface area contributed by atoms with Gasteiger partial charge in [-0.1, -0.05) is 41.9 Å². The third-order valence-corrected chi connectivity index (χ3v) is 7.10. The summed E-state index contributed by atoms with van der Waals surface area (Å²) in [6, 6.07) is 13.5. The second kappa shape index (κ2) is 9.12. The highest BCUT2D eigenvalue weighted by Gasteiger charge is 2.34. The first-order valence-electron chi connectivity index (χ1n) is 11.4. The van der Waals surface area contributed by atoms with Crippen molar-refractivity contribution in [2.24, 2.45) is 5.92 Å². The fourth-order valence-electron chi connectivity index (χ4n) is 4.94. The van der Waals surface area contributed by atoms with E-state index in [4.69, 9.17) is 11.6 Å². The van der Waals surface area contributed by atoms with E-state index in [1.54, 1.807) is 12.4 Å². The van der Waals surface area contributed by atoms with Crippen LogP contribution in [0.4, 0.5) is 5.82 Å². The molecule has 2 atom stereocenters. The predicted octanol–water partition coefficient (Wildman–Crippen LogP) is 4.10. The Kier molecular flexibility index (Phi) is 6.04. The molecule has 1 saturated heterocycles. The molecule has 2 N–H and O–H groups in total. The van der Waals surface area contributed by atoms with E-state index in [1.165, 1.54) is 0 Å². The number of amides is 1. The quantitative estimate of drug-likeness (QED) is 0.610. The van der Waals surface area contributed by atoms with Gasteiger partial charge in [-0.15, -0.1) is 0 Å². The second-order valence-electron chi connectivity index (χ2n) is 8.91. The molecule has 5 rings (SSSR count). The lowest BCUT2D eigenvalue weighted by Crippen LogP contribution is -2.43. The van der Waals surface area contributed by atoms with Gasteiger partial charge in [0.1, 0.15) is 5.82 Å². The normalized spacial score (nSPS) is 20.5. The van der Waals surface area contributed by atoms with Crippen LogP contribution in [-0.4, -0.2) is 40.2 Å². The number of fused-ring (bicyclic) bond motifs is 1. The highest BCUT2D eigenvalue weighted by molar-refractivity contribution is 6.33. The Morgan fingerprint density at radius 3 is 2.73 bits per heavy atom. The van der Waals surface area contributed by atoms with Crippen molar-refractivity contribution in [3.05, 3.63) is 76.6 Å². The molecule has 0 radical (unpaired) electrons. The lowest BCUT2D eigenvalue weighted by atomic mass is 9.95. The number of aryl methyl sites for hydroxylation is 1. The molecule has 2 aromatic heterocycles. The van der Waals surface area contributed by atoms with Crippen molar-refractivity contribution >= 4 is 23.3 Å². The number of carbonyl (C=O) groups is 1. The molecule has 1 amide bonds. The number of rotatable bonds is 4. The van der Waals surface area contributed by atoms with Crippen LogP contribution in [0.1, 0.15) is 35.6 Å². The number of benzene rings is 1. The van der Waals surface area contributed by atoms with Gasteiger partial charge in [0.2, 0.25) is 5.91 Å². The van der Waals surface area contributed by atoms with Crippen LogP contribution < -0.4 is 10.2 Å². The number of carbonyl (C=O) groups excluding carboxylic acids is 1. The number of halogens is 1. The van der Waals surface area contributed by atoms with Crippen LogP contribution in [0.5, 0.6) is 0 Å². The zero-order valence-corrected chi connectivity index (χ0v) is 19.3. The van der Waals surface area contributed by atoms with Crippen LogP contribution in [0.15, 0.2) is 54.9 Å². The van der Waals surface area contributed by atoms with E-state index >= 15 is 0 Å². The van der Waals surface area contributed by atoms with Crippen LogP contribution in [0.2, 0.25) is 5.02 Å². The lowest BCUT2D eigenvalue weighted by molar-refractivity contribution is -0.127. The first kappa shape index (κ1) is 21.9. The zero-order chi connectivity index (χ0) is 22.9. The third kappa shape index (κ3) is 4.33. The number of aromatic nitrogens is 2. The predicted molar refractivity (Wildman–Crippen MR) is 129 cm³/mol. The average Bonchev–Trinajstić information content (AvgIpc) is 3.15. The van der Waals surface area contributed by atoms with Gasteiger partial charge in [-0.25, -0.2) is 4.98 Å². The molecule has 33 heavy (non-hydrogen) atoms. The van der Waals surface area contributed by atoms with Crippen LogP contribution in [0, 0.1) is 12.8 Å². The Balaban J connectivity index is 1.25. The summed E-state index contributed by atoms with van der Waals surface area (Å²) < 4.78 is 0. The monoisotopic (exact) mass is 462 g/mol. The minimum atomic E-state index is -0.571. The first-order valence-corrected chi connectivity index (χ1v) is 11.8. The summed E-state index contributed by atoms with van der Waals surface area (Å²) in [5.41, 5.74) is 4.92. The molecule has 3 heterocycles. The van der Waals surface area contributed by atoms with E-state index < -0.39 is 6.10 Å². The van der Waals surface area contributed by atoms with Crippen LogP contribution in [0.3, 0.4) is 0 Å². The summed E-state index contributed by atoms with van der Waals surface area (Å²) in [6.07, 6.45) is 4.93. The number of nitrogens with one attached hydrogen (secondary N) is 1. The van der Waals surface area contributed by atoms with Crippen molar-refractivity contribution in [1.29, 1.82) is 0 Å². The molecule has 7 heteroatoms. The number of nitrogens with zero attached hydrogens (tertiary/aromatic N) is 3. The second-order valence-corrected chi connectivity index (χ2v) is 9.32. The van der Waals surface area contributed by atoms with Crippen LogP contribution in [0.25, 0.3) is 11.3 Å². The van der Waals surface area contributed by atoms with Crippen molar-refractivity contribution in [3.8, 4) is 11.3 Å². The van der Waals surface area contributed by atoms with Gasteiger partial charge in [-0.05, 0) is 48.6 Å². The average molecular weight is 463 g/mol.